The Balaban J connectivity index is 1.25. The number of ether oxygens (including phenoxy) is 2. The minimum absolute atomic E-state index is 0.0352. The van der Waals surface area contributed by atoms with Gasteiger partial charge < -0.3 is 0 Å². The van der Waals surface area contributed by atoms with Crippen LogP contribution in [0.15, 0.2) is 0 Å². The Labute approximate surface area is 150 Å². The summed E-state index contributed by atoms with van der Waals surface area (Å²) in [7, 11) is 0. The van der Waals surface area contributed by atoms with Crippen LogP contribution in [0.4, 0.5) is 0 Å². The van der Waals surface area contributed by atoms with Crippen LogP contribution in [-0.2, 0) is 14.3 Å². The van der Waals surface area contributed by atoms with Gasteiger partial charge in [-0.15, -0.1) is 0 Å². The molecular formula is C15H22I2NO3-. The van der Waals surface area contributed by atoms with E-state index in [0.717, 1.165) is 18.4 Å². The van der Waals surface area contributed by atoms with Crippen molar-refractivity contribution >= 4 is 28.6 Å². The van der Waals surface area contributed by atoms with Crippen molar-refractivity contribution < 1.29 is 35.7 Å². The average Bonchev–Trinajstić information content (AvgIpc) is 3.37. The topological polar surface area (TPSA) is 57.5 Å². The van der Waals surface area contributed by atoms with Gasteiger partial charge in [0.15, 0.2) is 0 Å². The standard InChI is InChI=1S/C15H22I2NO3/c1-14(9-3-2-4-15(5-9)6-10(14)15)7-20-8-21-13(19)11(16)12-17-18-12/h9-12,18H,2-8H2,1H3/q-1. The van der Waals surface area contributed by atoms with Crippen molar-refractivity contribution in [2.75, 3.05) is 13.4 Å². The number of carbonyl (C=O) groups is 1. The second kappa shape index (κ2) is 5.44. The summed E-state index contributed by atoms with van der Waals surface area (Å²) in [6.45, 7) is 3.30. The molecule has 1 saturated heterocycles. The van der Waals surface area contributed by atoms with Crippen LogP contribution in [0.25, 0.3) is 0 Å². The quantitative estimate of drug-likeness (QED) is 0.0751. The Hall–Kier alpha value is 0.850. The molecule has 0 aromatic heterocycles. The SMILES string of the molecule is CC1(COCOC(=O)C(I)C2N[I-]2)C2CCCC3(C2)CC31. The second-order valence-electron chi connectivity index (χ2n) is 7.37. The van der Waals surface area contributed by atoms with Crippen molar-refractivity contribution in [3.63, 3.8) is 0 Å². The molecule has 6 atom stereocenters. The fourth-order valence-electron chi connectivity index (χ4n) is 4.95. The maximum absolute atomic E-state index is 11.8. The van der Waals surface area contributed by atoms with Gasteiger partial charge in [-0.1, -0.05) is 0 Å². The van der Waals surface area contributed by atoms with E-state index in [1.54, 1.807) is 0 Å². The number of rotatable bonds is 6. The van der Waals surface area contributed by atoms with E-state index in [1.807, 2.05) is 0 Å². The molecule has 6 heteroatoms. The first-order valence-electron chi connectivity index (χ1n) is 7.82. The monoisotopic (exact) mass is 518 g/mol. The summed E-state index contributed by atoms with van der Waals surface area (Å²) >= 11 is 2.23. The maximum atomic E-state index is 11.8. The number of esters is 1. The Morgan fingerprint density at radius 2 is 2.33 bits per heavy atom. The Bertz CT molecular complexity index is 452. The zero-order valence-electron chi connectivity index (χ0n) is 12.2. The second-order valence-corrected chi connectivity index (χ2v) is 11.3. The molecule has 0 aromatic carbocycles. The van der Waals surface area contributed by atoms with E-state index < -0.39 is 0 Å². The van der Waals surface area contributed by atoms with Crippen LogP contribution in [0.3, 0.4) is 0 Å². The van der Waals surface area contributed by atoms with Crippen LogP contribution in [0.2, 0.25) is 0 Å². The number of alkyl halides is 2. The molecule has 4 rings (SSSR count). The average molecular weight is 518 g/mol. The summed E-state index contributed by atoms with van der Waals surface area (Å²) in [5.41, 5.74) is 1.02. The van der Waals surface area contributed by atoms with E-state index in [1.165, 1.54) is 32.1 Å². The number of hydrogen-bond acceptors (Lipinski definition) is 4. The van der Waals surface area contributed by atoms with Gasteiger partial charge in [0.05, 0.1) is 0 Å². The normalized spacial score (nSPS) is 48.0. The van der Waals surface area contributed by atoms with Crippen molar-refractivity contribution in [3.8, 4) is 0 Å². The number of carbonyl (C=O) groups excluding carboxylic acids is 1. The molecule has 1 spiro atoms. The Morgan fingerprint density at radius 1 is 1.52 bits per heavy atom. The van der Waals surface area contributed by atoms with Gasteiger partial charge in [0.25, 0.3) is 0 Å². The van der Waals surface area contributed by atoms with E-state index in [2.05, 4.69) is 33.0 Å². The summed E-state index contributed by atoms with van der Waals surface area (Å²) in [4.78, 5) is 11.8. The zero-order chi connectivity index (χ0) is 14.7. The van der Waals surface area contributed by atoms with Gasteiger partial charge in [0.1, 0.15) is 0 Å². The molecule has 1 aliphatic heterocycles. The molecule has 1 heterocycles. The van der Waals surface area contributed by atoms with Crippen LogP contribution < -0.4 is 25.0 Å². The Kier molecular flexibility index (Phi) is 3.99. The predicted molar refractivity (Wildman–Crippen MR) is 82.2 cm³/mol. The molecule has 4 fully saturated rings. The van der Waals surface area contributed by atoms with E-state index in [4.69, 9.17) is 9.47 Å². The molecule has 4 aliphatic rings. The first kappa shape index (κ1) is 15.4. The molecule has 0 aromatic rings. The molecule has 4 nitrogen and oxygen atoms in total. The third kappa shape index (κ3) is 2.65. The fraction of sp³-hybridized carbons (Fsp3) is 0.933. The predicted octanol–water partition coefficient (Wildman–Crippen LogP) is -0.543. The summed E-state index contributed by atoms with van der Waals surface area (Å²) < 4.78 is 14.7. The number of nitrogens with one attached hydrogen (secondary N) is 1. The van der Waals surface area contributed by atoms with Gasteiger partial charge in [0, 0.05) is 0 Å². The van der Waals surface area contributed by atoms with Crippen LogP contribution >= 0.6 is 22.6 Å². The zero-order valence-corrected chi connectivity index (χ0v) is 16.6. The molecule has 3 saturated carbocycles. The Morgan fingerprint density at radius 3 is 3.05 bits per heavy atom. The molecule has 0 amide bonds. The van der Waals surface area contributed by atoms with Crippen LogP contribution in [0.5, 0.6) is 0 Å². The summed E-state index contributed by atoms with van der Waals surface area (Å²) in [6, 6.07) is 0. The van der Waals surface area contributed by atoms with Crippen LogP contribution in [0, 0.1) is 22.7 Å². The van der Waals surface area contributed by atoms with Crippen molar-refractivity contribution in [3.05, 3.63) is 0 Å². The molecule has 120 valence electrons. The first-order valence-corrected chi connectivity index (χ1v) is 11.4. The van der Waals surface area contributed by atoms with Crippen LogP contribution in [-0.4, -0.2) is 27.3 Å². The van der Waals surface area contributed by atoms with Gasteiger partial charge in [0.2, 0.25) is 0 Å². The third-order valence-electron chi connectivity index (χ3n) is 6.21. The van der Waals surface area contributed by atoms with E-state index in [-0.39, 0.29) is 38.2 Å². The van der Waals surface area contributed by atoms with Gasteiger partial charge in [-0.05, 0) is 0 Å². The summed E-state index contributed by atoms with van der Waals surface area (Å²) in [6.07, 6.45) is 7.04. The summed E-state index contributed by atoms with van der Waals surface area (Å²) in [5, 5.41) is 0. The molecule has 6 unspecified atom stereocenters. The molecule has 21 heavy (non-hydrogen) atoms. The minimum atomic E-state index is -0.122. The third-order valence-corrected chi connectivity index (χ3v) is 10.9. The van der Waals surface area contributed by atoms with Gasteiger partial charge in [-0.25, -0.2) is 0 Å². The van der Waals surface area contributed by atoms with E-state index >= 15 is 0 Å². The molecule has 2 bridgehead atoms. The van der Waals surface area contributed by atoms with Gasteiger partial charge >= 0.3 is 151 Å². The van der Waals surface area contributed by atoms with Gasteiger partial charge in [-0.2, -0.15) is 0 Å². The summed E-state index contributed by atoms with van der Waals surface area (Å²) in [5.74, 6) is 1.58. The van der Waals surface area contributed by atoms with Crippen molar-refractivity contribution in [2.24, 2.45) is 22.7 Å². The van der Waals surface area contributed by atoms with E-state index in [0.29, 0.717) is 14.9 Å². The number of halogens is 2. The number of hydrogen-bond donors (Lipinski definition) is 1. The molecule has 3 aliphatic carbocycles. The molecule has 0 radical (unpaired) electrons. The van der Waals surface area contributed by atoms with Crippen LogP contribution in [0.1, 0.15) is 39.0 Å². The molecular weight excluding hydrogens is 496 g/mol. The van der Waals surface area contributed by atoms with Crippen molar-refractivity contribution in [1.29, 1.82) is 0 Å². The van der Waals surface area contributed by atoms with Crippen molar-refractivity contribution in [2.45, 2.75) is 47.0 Å². The van der Waals surface area contributed by atoms with Gasteiger partial charge in [-0.3, -0.25) is 0 Å². The van der Waals surface area contributed by atoms with E-state index in [9.17, 15) is 4.79 Å². The number of fused-ring (bicyclic) bond motifs is 1. The fourth-order valence-corrected chi connectivity index (χ4v) is 8.09. The van der Waals surface area contributed by atoms with Crippen molar-refractivity contribution in [1.82, 2.24) is 3.53 Å². The molecule has 1 N–H and O–H groups in total. The first-order chi connectivity index (χ1) is 10.1.